The van der Waals surface area contributed by atoms with Crippen molar-refractivity contribution in [2.24, 2.45) is 0 Å². The van der Waals surface area contributed by atoms with Gasteiger partial charge in [-0.05, 0) is 127 Å². The van der Waals surface area contributed by atoms with Crippen LogP contribution in [0.15, 0.2) is 199 Å². The quantitative estimate of drug-likeness (QED) is 0.163. The molecule has 298 valence electrons. The molecule has 3 heterocycles. The van der Waals surface area contributed by atoms with Gasteiger partial charge in [0.1, 0.15) is 11.1 Å². The predicted octanol–water partition coefficient (Wildman–Crippen LogP) is 15.5. The average Bonchev–Trinajstić information content (AvgIpc) is 4.10. The lowest BCUT2D eigenvalue weighted by Crippen LogP contribution is -2.25. The molecule has 0 fully saturated rings. The van der Waals surface area contributed by atoms with Crippen LogP contribution in [0.1, 0.15) is 47.2 Å². The Kier molecular flexibility index (Phi) is 6.43. The second-order valence-corrected chi connectivity index (χ2v) is 18.6. The van der Waals surface area contributed by atoms with Gasteiger partial charge in [-0.3, -0.25) is 0 Å². The lowest BCUT2D eigenvalue weighted by Gasteiger charge is -2.30. The Hall–Kier alpha value is -8.01. The first-order chi connectivity index (χ1) is 31.5. The van der Waals surface area contributed by atoms with Crippen molar-refractivity contribution in [1.29, 1.82) is 0 Å². The average molecular weight is 815 g/mol. The zero-order valence-corrected chi connectivity index (χ0v) is 35.3. The molecule has 3 aliphatic carbocycles. The number of rotatable bonds is 2. The van der Waals surface area contributed by atoms with Crippen molar-refractivity contribution in [3.8, 4) is 50.3 Å². The molecule has 64 heavy (non-hydrogen) atoms. The largest absolute Gasteiger partial charge is 0.454 e. The smallest absolute Gasteiger partial charge is 0.161 e. The second-order valence-electron chi connectivity index (χ2n) is 18.6. The van der Waals surface area contributed by atoms with Crippen LogP contribution in [0.2, 0.25) is 0 Å². The Bertz CT molecular complexity index is 4020. The van der Waals surface area contributed by atoms with Crippen LogP contribution in [0.3, 0.4) is 0 Å². The molecule has 3 aliphatic rings. The van der Waals surface area contributed by atoms with Gasteiger partial charge in [0.25, 0.3) is 0 Å². The number of pyridine rings is 1. The molecule has 15 rings (SSSR count). The molecule has 1 spiro atoms. The van der Waals surface area contributed by atoms with E-state index in [1.165, 1.54) is 72.1 Å². The first-order valence-electron chi connectivity index (χ1n) is 22.4. The fourth-order valence-corrected chi connectivity index (χ4v) is 12.5. The normalized spacial score (nSPS) is 14.7. The van der Waals surface area contributed by atoms with Crippen LogP contribution in [0.25, 0.3) is 105 Å². The van der Waals surface area contributed by atoms with Crippen molar-refractivity contribution in [2.75, 3.05) is 0 Å². The molecule has 9 aromatic carbocycles. The standard InChI is InChI=1S/C61H38N2O/c1-60(2)48-24-9-3-20-39(48)45-34-55-47(33-52(45)60)59-58(42-23-8-14-29-56(42)64-59)63(55)36-17-15-16-35(30-36)57-46-31-44-40-21-6-12-27-51(40)61(53(44)32-43(46)41-22-7-13-28-54(41)62-57)49-25-10-4-18-37(49)38-19-5-11-26-50(38)61/h3-34H,1-2H3. The summed E-state index contributed by atoms with van der Waals surface area (Å²) in [5, 5.41) is 5.75. The molecule has 0 aliphatic heterocycles. The third-order valence-electron chi connectivity index (χ3n) is 15.2. The van der Waals surface area contributed by atoms with E-state index in [4.69, 9.17) is 9.40 Å². The molecule has 0 unspecified atom stereocenters. The lowest BCUT2D eigenvalue weighted by molar-refractivity contribution is 0.660. The molecule has 0 saturated heterocycles. The summed E-state index contributed by atoms with van der Waals surface area (Å²) < 4.78 is 9.25. The Balaban J connectivity index is 1.01. The first-order valence-corrected chi connectivity index (χ1v) is 22.4. The summed E-state index contributed by atoms with van der Waals surface area (Å²) in [7, 11) is 0. The summed E-state index contributed by atoms with van der Waals surface area (Å²) in [6.07, 6.45) is 0. The van der Waals surface area contributed by atoms with Crippen LogP contribution in [-0.2, 0) is 10.8 Å². The van der Waals surface area contributed by atoms with Gasteiger partial charge in [0, 0.05) is 38.2 Å². The highest BCUT2D eigenvalue weighted by atomic mass is 16.3. The molecule has 3 aromatic heterocycles. The minimum absolute atomic E-state index is 0.131. The van der Waals surface area contributed by atoms with Gasteiger partial charge in [-0.15, -0.1) is 0 Å². The van der Waals surface area contributed by atoms with Crippen LogP contribution in [0.4, 0.5) is 0 Å². The Morgan fingerprint density at radius 1 is 0.422 bits per heavy atom. The fraction of sp³-hybridized carbons (Fsp3) is 0.0656. The number of fused-ring (bicyclic) bond motifs is 21. The number of benzene rings is 9. The zero-order valence-electron chi connectivity index (χ0n) is 35.3. The minimum Gasteiger partial charge on any atom is -0.454 e. The monoisotopic (exact) mass is 814 g/mol. The highest BCUT2D eigenvalue weighted by molar-refractivity contribution is 6.18. The third-order valence-corrected chi connectivity index (χ3v) is 15.2. The van der Waals surface area contributed by atoms with E-state index >= 15 is 0 Å². The molecule has 3 nitrogen and oxygen atoms in total. The van der Waals surface area contributed by atoms with Crippen molar-refractivity contribution in [3.05, 3.63) is 228 Å². The van der Waals surface area contributed by atoms with Gasteiger partial charge >= 0.3 is 0 Å². The summed E-state index contributed by atoms with van der Waals surface area (Å²) in [4.78, 5) is 5.56. The van der Waals surface area contributed by atoms with Crippen molar-refractivity contribution in [3.63, 3.8) is 0 Å². The topological polar surface area (TPSA) is 31.0 Å². The SMILES string of the molecule is CC1(C)c2ccccc2-c2cc3c(cc21)c1oc2ccccc2c1n3-c1cccc(-c2nc3ccccc3c3cc4c(cc23)-c2ccccc2C42c3ccccc3-c3ccccc32)c1. The maximum absolute atomic E-state index is 6.82. The van der Waals surface area contributed by atoms with Crippen LogP contribution >= 0.6 is 0 Å². The molecule has 0 radical (unpaired) electrons. The molecule has 0 atom stereocenters. The van der Waals surface area contributed by atoms with Crippen LogP contribution in [-0.4, -0.2) is 9.55 Å². The highest BCUT2D eigenvalue weighted by Gasteiger charge is 2.51. The van der Waals surface area contributed by atoms with E-state index in [1.54, 1.807) is 0 Å². The van der Waals surface area contributed by atoms with Gasteiger partial charge in [-0.1, -0.05) is 153 Å². The summed E-state index contributed by atoms with van der Waals surface area (Å²) in [5.74, 6) is 0. The number of nitrogens with zero attached hydrogens (tertiary/aromatic N) is 2. The number of para-hydroxylation sites is 2. The van der Waals surface area contributed by atoms with E-state index in [-0.39, 0.29) is 5.41 Å². The number of aromatic nitrogens is 2. The van der Waals surface area contributed by atoms with Crippen molar-refractivity contribution < 1.29 is 4.42 Å². The first kappa shape index (κ1) is 34.6. The van der Waals surface area contributed by atoms with Crippen LogP contribution in [0, 0.1) is 0 Å². The summed E-state index contributed by atoms with van der Waals surface area (Å²) in [5.41, 5.74) is 23.4. The summed E-state index contributed by atoms with van der Waals surface area (Å²) >= 11 is 0. The van der Waals surface area contributed by atoms with Gasteiger partial charge in [0.15, 0.2) is 5.58 Å². The number of hydrogen-bond acceptors (Lipinski definition) is 2. The molecule has 12 aromatic rings. The predicted molar refractivity (Wildman–Crippen MR) is 263 cm³/mol. The molecule has 3 heteroatoms. The summed E-state index contributed by atoms with van der Waals surface area (Å²) in [6, 6.07) is 72.0. The van der Waals surface area contributed by atoms with Crippen LogP contribution in [0.5, 0.6) is 0 Å². The van der Waals surface area contributed by atoms with Gasteiger partial charge in [-0.2, -0.15) is 0 Å². The number of hydrogen-bond donors (Lipinski definition) is 0. The number of furan rings is 1. The van der Waals surface area contributed by atoms with E-state index in [0.29, 0.717) is 0 Å². The lowest BCUT2D eigenvalue weighted by atomic mass is 9.70. The molecule has 0 bridgehead atoms. The molecule has 0 saturated carbocycles. The molecule has 0 amide bonds. The maximum atomic E-state index is 6.82. The fourth-order valence-electron chi connectivity index (χ4n) is 12.5. The minimum atomic E-state index is -0.429. The van der Waals surface area contributed by atoms with Gasteiger partial charge in [0.2, 0.25) is 0 Å². The van der Waals surface area contributed by atoms with Gasteiger partial charge in [-0.25, -0.2) is 4.98 Å². The Morgan fingerprint density at radius 3 is 1.73 bits per heavy atom. The van der Waals surface area contributed by atoms with Crippen molar-refractivity contribution in [2.45, 2.75) is 24.7 Å². The van der Waals surface area contributed by atoms with Crippen LogP contribution < -0.4 is 0 Å². The Labute approximate surface area is 369 Å². The van der Waals surface area contributed by atoms with Gasteiger partial charge in [0.05, 0.1) is 22.1 Å². The summed E-state index contributed by atoms with van der Waals surface area (Å²) in [6.45, 7) is 4.69. The van der Waals surface area contributed by atoms with E-state index in [0.717, 1.165) is 66.2 Å². The third kappa shape index (κ3) is 4.11. The van der Waals surface area contributed by atoms with E-state index in [1.807, 2.05) is 0 Å². The van der Waals surface area contributed by atoms with Crippen molar-refractivity contribution >= 4 is 54.6 Å². The highest BCUT2D eigenvalue weighted by Crippen LogP contribution is 2.63. The molecule has 0 N–H and O–H groups in total. The van der Waals surface area contributed by atoms with E-state index < -0.39 is 5.41 Å². The molecular weight excluding hydrogens is 777 g/mol. The zero-order chi connectivity index (χ0) is 42.1. The maximum Gasteiger partial charge on any atom is 0.161 e. The second kappa shape index (κ2) is 11.9. The van der Waals surface area contributed by atoms with Gasteiger partial charge < -0.3 is 8.98 Å². The van der Waals surface area contributed by atoms with E-state index in [9.17, 15) is 0 Å². The van der Waals surface area contributed by atoms with E-state index in [2.05, 4.69) is 213 Å². The Morgan fingerprint density at radius 2 is 1.00 bits per heavy atom. The van der Waals surface area contributed by atoms with Crippen molar-refractivity contribution in [1.82, 2.24) is 9.55 Å². The molecular formula is C61H38N2O.